The standard InChI is InChI=1S/C17H17NO6S/c1-3-17(15(19)14-5-4-10-23-14)11-24-16(20)18(17)25(21,22)13-8-6-12(2)7-9-13/h3-10,15,19H,1,11H2,2H3/t15-,17-/m1/s1. The van der Waals surface area contributed by atoms with E-state index >= 15 is 0 Å². The van der Waals surface area contributed by atoms with Gasteiger partial charge in [-0.25, -0.2) is 13.2 Å². The van der Waals surface area contributed by atoms with Gasteiger partial charge in [0.05, 0.1) is 11.2 Å². The fourth-order valence-corrected chi connectivity index (χ4v) is 4.35. The van der Waals surface area contributed by atoms with Crippen molar-refractivity contribution in [2.24, 2.45) is 0 Å². The van der Waals surface area contributed by atoms with Gasteiger partial charge < -0.3 is 14.3 Å². The summed E-state index contributed by atoms with van der Waals surface area (Å²) in [7, 11) is -4.27. The first-order valence-corrected chi connectivity index (χ1v) is 8.91. The third-order valence-corrected chi connectivity index (χ3v) is 6.01. The van der Waals surface area contributed by atoms with Crippen molar-refractivity contribution in [3.8, 4) is 0 Å². The number of carbonyl (C=O) groups is 1. The maximum Gasteiger partial charge on any atom is 0.425 e. The first-order chi connectivity index (χ1) is 11.8. The fraction of sp³-hybridized carbons (Fsp3) is 0.235. The molecule has 0 bridgehead atoms. The Hall–Kier alpha value is -2.58. The number of sulfonamides is 1. The second-order valence-electron chi connectivity index (χ2n) is 5.75. The Morgan fingerprint density at radius 1 is 1.32 bits per heavy atom. The number of aliphatic hydroxyl groups excluding tert-OH is 1. The van der Waals surface area contributed by atoms with Crippen LogP contribution in [0.3, 0.4) is 0 Å². The van der Waals surface area contributed by atoms with Gasteiger partial charge in [-0.15, -0.1) is 6.58 Å². The number of amides is 1. The van der Waals surface area contributed by atoms with Crippen molar-refractivity contribution in [1.82, 2.24) is 4.31 Å². The molecular formula is C17H17NO6S. The molecule has 0 radical (unpaired) electrons. The van der Waals surface area contributed by atoms with E-state index in [1.807, 2.05) is 6.92 Å². The number of aryl methyl sites for hydroxylation is 1. The zero-order valence-corrected chi connectivity index (χ0v) is 14.3. The summed E-state index contributed by atoms with van der Waals surface area (Å²) >= 11 is 0. The van der Waals surface area contributed by atoms with Gasteiger partial charge in [-0.1, -0.05) is 23.8 Å². The smallest absolute Gasteiger partial charge is 0.425 e. The molecule has 1 amide bonds. The molecule has 1 fully saturated rings. The Morgan fingerprint density at radius 3 is 2.56 bits per heavy atom. The topological polar surface area (TPSA) is 97.1 Å². The predicted octanol–water partition coefficient (Wildman–Crippen LogP) is 2.39. The van der Waals surface area contributed by atoms with Crippen molar-refractivity contribution in [3.63, 3.8) is 0 Å². The molecule has 8 heteroatoms. The van der Waals surface area contributed by atoms with E-state index in [2.05, 4.69) is 6.58 Å². The molecule has 0 spiro atoms. The van der Waals surface area contributed by atoms with Crippen LogP contribution in [-0.4, -0.2) is 36.1 Å². The highest BCUT2D eigenvalue weighted by molar-refractivity contribution is 7.89. The molecule has 0 saturated carbocycles. The molecule has 1 aromatic carbocycles. The van der Waals surface area contributed by atoms with Gasteiger partial charge in [0, 0.05) is 0 Å². The van der Waals surface area contributed by atoms with Crippen molar-refractivity contribution in [1.29, 1.82) is 0 Å². The van der Waals surface area contributed by atoms with Gasteiger partial charge in [-0.2, -0.15) is 4.31 Å². The monoisotopic (exact) mass is 363 g/mol. The largest absolute Gasteiger partial charge is 0.466 e. The Morgan fingerprint density at radius 2 is 2.00 bits per heavy atom. The highest BCUT2D eigenvalue weighted by atomic mass is 32.2. The molecule has 132 valence electrons. The first-order valence-electron chi connectivity index (χ1n) is 7.47. The number of ether oxygens (including phenoxy) is 1. The van der Waals surface area contributed by atoms with Crippen molar-refractivity contribution in [2.75, 3.05) is 6.61 Å². The van der Waals surface area contributed by atoms with Crippen molar-refractivity contribution in [3.05, 3.63) is 66.6 Å². The van der Waals surface area contributed by atoms with Gasteiger partial charge >= 0.3 is 6.09 Å². The molecule has 1 aromatic heterocycles. The van der Waals surface area contributed by atoms with E-state index in [0.717, 1.165) is 5.56 Å². The zero-order valence-electron chi connectivity index (χ0n) is 13.5. The zero-order chi connectivity index (χ0) is 18.2. The highest BCUT2D eigenvalue weighted by Crippen LogP contribution is 2.41. The van der Waals surface area contributed by atoms with E-state index in [0.29, 0.717) is 4.31 Å². The lowest BCUT2D eigenvalue weighted by atomic mass is 9.92. The molecule has 3 rings (SSSR count). The van der Waals surface area contributed by atoms with E-state index in [4.69, 9.17) is 9.15 Å². The number of carbonyl (C=O) groups excluding carboxylic acids is 1. The third kappa shape index (κ3) is 2.63. The van der Waals surface area contributed by atoms with Crippen LogP contribution >= 0.6 is 0 Å². The highest BCUT2D eigenvalue weighted by Gasteiger charge is 2.57. The summed E-state index contributed by atoms with van der Waals surface area (Å²) < 4.78 is 36.7. The van der Waals surface area contributed by atoms with Crippen LogP contribution in [0.4, 0.5) is 4.79 Å². The summed E-state index contributed by atoms with van der Waals surface area (Å²) in [6.45, 7) is 5.05. The van der Waals surface area contributed by atoms with E-state index in [1.165, 1.54) is 30.5 Å². The molecule has 0 unspecified atom stereocenters. The van der Waals surface area contributed by atoms with Crippen LogP contribution in [0.5, 0.6) is 0 Å². The lowest BCUT2D eigenvalue weighted by molar-refractivity contribution is 0.0471. The molecule has 25 heavy (non-hydrogen) atoms. The van der Waals surface area contributed by atoms with Crippen molar-refractivity contribution in [2.45, 2.75) is 23.5 Å². The first kappa shape index (κ1) is 17.2. The van der Waals surface area contributed by atoms with E-state index in [9.17, 15) is 18.3 Å². The number of hydrogen-bond donors (Lipinski definition) is 1. The van der Waals surface area contributed by atoms with Gasteiger partial charge in [0.25, 0.3) is 10.0 Å². The molecule has 1 N–H and O–H groups in total. The van der Waals surface area contributed by atoms with Crippen LogP contribution in [0.25, 0.3) is 0 Å². The van der Waals surface area contributed by atoms with Crippen LogP contribution in [0.2, 0.25) is 0 Å². The summed E-state index contributed by atoms with van der Waals surface area (Å²) in [5.41, 5.74) is -0.841. The van der Waals surface area contributed by atoms with Crippen molar-refractivity contribution >= 4 is 16.1 Å². The van der Waals surface area contributed by atoms with Crippen LogP contribution < -0.4 is 0 Å². The normalized spacial score (nSPS) is 21.8. The maximum absolute atomic E-state index is 13.0. The number of cyclic esters (lactones) is 1. The number of hydrogen-bond acceptors (Lipinski definition) is 6. The lowest BCUT2D eigenvalue weighted by Gasteiger charge is -2.34. The summed E-state index contributed by atoms with van der Waals surface area (Å²) in [5.74, 6) is 0.0994. The Kier molecular flexibility index (Phi) is 4.18. The van der Waals surface area contributed by atoms with E-state index < -0.39 is 27.8 Å². The molecule has 0 aliphatic carbocycles. The molecule has 1 aliphatic rings. The number of aliphatic hydroxyl groups is 1. The Balaban J connectivity index is 2.12. The number of benzene rings is 1. The molecule has 2 aromatic rings. The molecule has 1 aliphatic heterocycles. The van der Waals surface area contributed by atoms with Gasteiger partial charge in [0.15, 0.2) is 0 Å². The second kappa shape index (κ2) is 6.05. The van der Waals surface area contributed by atoms with E-state index in [-0.39, 0.29) is 17.3 Å². The lowest BCUT2D eigenvalue weighted by Crippen LogP contribution is -2.52. The number of rotatable bonds is 5. The molecule has 2 atom stereocenters. The van der Waals surface area contributed by atoms with Crippen LogP contribution in [0.1, 0.15) is 17.4 Å². The average molecular weight is 363 g/mol. The number of nitrogens with zero attached hydrogens (tertiary/aromatic N) is 1. The van der Waals surface area contributed by atoms with Crippen LogP contribution in [0, 0.1) is 6.92 Å². The summed E-state index contributed by atoms with van der Waals surface area (Å²) in [6.07, 6.45) is -0.0134. The van der Waals surface area contributed by atoms with Crippen LogP contribution in [-0.2, 0) is 14.8 Å². The summed E-state index contributed by atoms with van der Waals surface area (Å²) in [5, 5.41) is 10.7. The molecular weight excluding hydrogens is 346 g/mol. The van der Waals surface area contributed by atoms with Gasteiger partial charge in [0.1, 0.15) is 24.0 Å². The Bertz CT molecular complexity index is 888. The van der Waals surface area contributed by atoms with Gasteiger partial charge in [0.2, 0.25) is 0 Å². The summed E-state index contributed by atoms with van der Waals surface area (Å²) in [6, 6.07) is 9.05. The Labute approximate surface area is 145 Å². The second-order valence-corrected chi connectivity index (χ2v) is 7.54. The minimum atomic E-state index is -4.27. The van der Waals surface area contributed by atoms with Crippen LogP contribution in [0.15, 0.2) is 64.6 Å². The third-order valence-electron chi connectivity index (χ3n) is 4.17. The van der Waals surface area contributed by atoms with E-state index in [1.54, 1.807) is 18.2 Å². The van der Waals surface area contributed by atoms with Gasteiger partial charge in [-0.05, 0) is 31.2 Å². The number of furan rings is 1. The SMILES string of the molecule is C=C[C@]1([C@H](O)c2ccco2)COC(=O)N1S(=O)(=O)c1ccc(C)cc1. The quantitative estimate of drug-likeness (QED) is 0.819. The summed E-state index contributed by atoms with van der Waals surface area (Å²) in [4.78, 5) is 12.2. The maximum atomic E-state index is 13.0. The minimum absolute atomic E-state index is 0.0881. The fourth-order valence-electron chi connectivity index (χ4n) is 2.74. The molecule has 7 nitrogen and oxygen atoms in total. The van der Waals surface area contributed by atoms with Gasteiger partial charge in [-0.3, -0.25) is 0 Å². The minimum Gasteiger partial charge on any atom is -0.466 e. The predicted molar refractivity (Wildman–Crippen MR) is 88.1 cm³/mol. The average Bonchev–Trinajstić information content (AvgIpc) is 3.23. The van der Waals surface area contributed by atoms with Crippen molar-refractivity contribution < 1.29 is 27.5 Å². The molecule has 1 saturated heterocycles. The molecule has 2 heterocycles.